The van der Waals surface area contributed by atoms with E-state index in [-0.39, 0.29) is 5.75 Å². The quantitative estimate of drug-likeness (QED) is 0.757. The lowest BCUT2D eigenvalue weighted by Crippen LogP contribution is -2.34. The number of likely N-dealkylation sites (N-methyl/N-ethyl adjacent to an activating group) is 1. The summed E-state index contributed by atoms with van der Waals surface area (Å²) in [5, 5.41) is 8.69. The van der Waals surface area contributed by atoms with Crippen LogP contribution in [-0.4, -0.2) is 39.5 Å². The monoisotopic (exact) mass is 282 g/mol. The number of rotatable bonds is 7. The minimum Gasteiger partial charge on any atom is -0.383 e. The van der Waals surface area contributed by atoms with E-state index in [4.69, 9.17) is 10.00 Å². The Bertz CT molecular complexity index is 532. The predicted octanol–water partition coefficient (Wildman–Crippen LogP) is 1.36. The van der Waals surface area contributed by atoms with E-state index in [0.717, 1.165) is 0 Å². The third-order valence-corrected chi connectivity index (χ3v) is 4.65. The van der Waals surface area contributed by atoms with Gasteiger partial charge in [0, 0.05) is 20.2 Å². The van der Waals surface area contributed by atoms with Crippen LogP contribution < -0.4 is 0 Å². The Hall–Kier alpha value is -1.42. The SMILES string of the molecule is CCN(CCOC)S(=O)(=O)Cc1ccc(C#N)cc1. The van der Waals surface area contributed by atoms with E-state index in [0.29, 0.717) is 30.8 Å². The van der Waals surface area contributed by atoms with Gasteiger partial charge < -0.3 is 4.74 Å². The van der Waals surface area contributed by atoms with Crippen molar-refractivity contribution in [1.29, 1.82) is 5.26 Å². The zero-order chi connectivity index (χ0) is 14.3. The Labute approximate surface area is 114 Å². The Morgan fingerprint density at radius 2 is 1.95 bits per heavy atom. The zero-order valence-electron chi connectivity index (χ0n) is 11.2. The Balaban J connectivity index is 2.79. The molecule has 0 spiro atoms. The number of hydrogen-bond donors (Lipinski definition) is 0. The van der Waals surface area contributed by atoms with Crippen LogP contribution in [0.15, 0.2) is 24.3 Å². The van der Waals surface area contributed by atoms with E-state index in [1.807, 2.05) is 6.07 Å². The van der Waals surface area contributed by atoms with Crippen LogP contribution in [0.1, 0.15) is 18.1 Å². The van der Waals surface area contributed by atoms with Crippen molar-refractivity contribution < 1.29 is 13.2 Å². The van der Waals surface area contributed by atoms with Crippen LogP contribution in [0, 0.1) is 11.3 Å². The van der Waals surface area contributed by atoms with E-state index >= 15 is 0 Å². The number of benzene rings is 1. The molecule has 1 aromatic rings. The van der Waals surface area contributed by atoms with Crippen molar-refractivity contribution in [2.75, 3.05) is 26.8 Å². The maximum atomic E-state index is 12.2. The highest BCUT2D eigenvalue weighted by Gasteiger charge is 2.20. The van der Waals surface area contributed by atoms with Crippen LogP contribution in [-0.2, 0) is 20.5 Å². The summed E-state index contributed by atoms with van der Waals surface area (Å²) in [7, 11) is -1.80. The maximum Gasteiger partial charge on any atom is 0.218 e. The van der Waals surface area contributed by atoms with Gasteiger partial charge in [0.05, 0.1) is 24.0 Å². The van der Waals surface area contributed by atoms with Crippen LogP contribution in [0.3, 0.4) is 0 Å². The van der Waals surface area contributed by atoms with Crippen molar-refractivity contribution in [1.82, 2.24) is 4.31 Å². The minimum absolute atomic E-state index is 0.0593. The van der Waals surface area contributed by atoms with Gasteiger partial charge in [-0.2, -0.15) is 9.57 Å². The molecule has 0 fully saturated rings. The minimum atomic E-state index is -3.35. The molecule has 0 unspecified atom stereocenters. The lowest BCUT2D eigenvalue weighted by atomic mass is 10.2. The molecule has 0 radical (unpaired) electrons. The summed E-state index contributed by atoms with van der Waals surface area (Å²) in [6.45, 7) is 2.94. The van der Waals surface area contributed by atoms with E-state index in [2.05, 4.69) is 0 Å². The molecule has 0 heterocycles. The van der Waals surface area contributed by atoms with E-state index < -0.39 is 10.0 Å². The lowest BCUT2D eigenvalue weighted by molar-refractivity contribution is 0.180. The second kappa shape index (κ2) is 7.24. The molecule has 5 nitrogen and oxygen atoms in total. The van der Waals surface area contributed by atoms with E-state index in [1.165, 1.54) is 4.31 Å². The van der Waals surface area contributed by atoms with Gasteiger partial charge in [0.1, 0.15) is 0 Å². The molecule has 0 amide bonds. The van der Waals surface area contributed by atoms with Gasteiger partial charge in [-0.05, 0) is 17.7 Å². The molecular formula is C13H18N2O3S. The molecule has 1 aromatic carbocycles. The molecule has 0 bridgehead atoms. The van der Waals surface area contributed by atoms with Crippen LogP contribution in [0.2, 0.25) is 0 Å². The average Bonchev–Trinajstić information content (AvgIpc) is 2.39. The molecule has 0 saturated heterocycles. The third kappa shape index (κ3) is 4.63. The van der Waals surface area contributed by atoms with E-state index in [9.17, 15) is 8.42 Å². The molecule has 0 aliphatic carbocycles. The second-order valence-corrected chi connectivity index (χ2v) is 6.02. The first kappa shape index (κ1) is 15.6. The highest BCUT2D eigenvalue weighted by atomic mass is 32.2. The molecule has 0 aliphatic rings. The zero-order valence-corrected chi connectivity index (χ0v) is 12.0. The third-order valence-electron chi connectivity index (χ3n) is 2.72. The van der Waals surface area contributed by atoms with Crippen molar-refractivity contribution in [3.63, 3.8) is 0 Å². The molecule has 0 atom stereocenters. The predicted molar refractivity (Wildman–Crippen MR) is 72.9 cm³/mol. The number of hydrogen-bond acceptors (Lipinski definition) is 4. The fraction of sp³-hybridized carbons (Fsp3) is 0.462. The van der Waals surface area contributed by atoms with E-state index in [1.54, 1.807) is 38.3 Å². The first-order valence-corrected chi connectivity index (χ1v) is 7.60. The van der Waals surface area contributed by atoms with Crippen molar-refractivity contribution in [2.24, 2.45) is 0 Å². The summed E-state index contributed by atoms with van der Waals surface area (Å²) in [6.07, 6.45) is 0. The molecule has 0 saturated carbocycles. The summed E-state index contributed by atoms with van der Waals surface area (Å²) in [4.78, 5) is 0. The lowest BCUT2D eigenvalue weighted by Gasteiger charge is -2.20. The van der Waals surface area contributed by atoms with Gasteiger partial charge in [-0.1, -0.05) is 19.1 Å². The van der Waals surface area contributed by atoms with Crippen molar-refractivity contribution in [3.05, 3.63) is 35.4 Å². The van der Waals surface area contributed by atoms with Gasteiger partial charge >= 0.3 is 0 Å². The average molecular weight is 282 g/mol. The standard InChI is InChI=1S/C13H18N2O3S/c1-3-15(8-9-18-2)19(16,17)11-13-6-4-12(10-14)5-7-13/h4-7H,3,8-9,11H2,1-2H3. The van der Waals surface area contributed by atoms with Crippen molar-refractivity contribution >= 4 is 10.0 Å². The fourth-order valence-corrected chi connectivity index (χ4v) is 3.21. The van der Waals surface area contributed by atoms with Crippen LogP contribution in [0.25, 0.3) is 0 Å². The molecule has 19 heavy (non-hydrogen) atoms. The summed E-state index contributed by atoms with van der Waals surface area (Å²) in [6, 6.07) is 8.58. The van der Waals surface area contributed by atoms with Gasteiger partial charge in [0.2, 0.25) is 10.0 Å². The summed E-state index contributed by atoms with van der Waals surface area (Å²) in [5.74, 6) is -0.0593. The number of nitrogens with zero attached hydrogens (tertiary/aromatic N) is 2. The Morgan fingerprint density at radius 3 is 2.42 bits per heavy atom. The molecular weight excluding hydrogens is 264 g/mol. The van der Waals surface area contributed by atoms with Crippen LogP contribution in [0.4, 0.5) is 0 Å². The smallest absolute Gasteiger partial charge is 0.218 e. The molecule has 0 N–H and O–H groups in total. The van der Waals surface area contributed by atoms with Crippen molar-refractivity contribution in [2.45, 2.75) is 12.7 Å². The molecule has 0 aromatic heterocycles. The van der Waals surface area contributed by atoms with Crippen LogP contribution in [0.5, 0.6) is 0 Å². The Morgan fingerprint density at radius 1 is 1.32 bits per heavy atom. The van der Waals surface area contributed by atoms with Gasteiger partial charge in [-0.25, -0.2) is 8.42 Å². The number of nitriles is 1. The number of ether oxygens (including phenoxy) is 1. The van der Waals surface area contributed by atoms with Gasteiger partial charge in [-0.3, -0.25) is 0 Å². The number of sulfonamides is 1. The normalized spacial score (nSPS) is 11.5. The maximum absolute atomic E-state index is 12.2. The summed E-state index contributed by atoms with van der Waals surface area (Å²) < 4.78 is 30.7. The first-order valence-electron chi connectivity index (χ1n) is 5.99. The largest absolute Gasteiger partial charge is 0.383 e. The highest BCUT2D eigenvalue weighted by molar-refractivity contribution is 7.88. The van der Waals surface area contributed by atoms with Crippen molar-refractivity contribution in [3.8, 4) is 6.07 Å². The first-order chi connectivity index (χ1) is 9.03. The van der Waals surface area contributed by atoms with Gasteiger partial charge in [0.25, 0.3) is 0 Å². The second-order valence-electron chi connectivity index (χ2n) is 4.05. The Kier molecular flexibility index (Phi) is 5.96. The van der Waals surface area contributed by atoms with Crippen LogP contribution >= 0.6 is 0 Å². The van der Waals surface area contributed by atoms with Gasteiger partial charge in [-0.15, -0.1) is 0 Å². The van der Waals surface area contributed by atoms with Gasteiger partial charge in [0.15, 0.2) is 0 Å². The number of methoxy groups -OCH3 is 1. The molecule has 104 valence electrons. The topological polar surface area (TPSA) is 70.4 Å². The molecule has 6 heteroatoms. The molecule has 0 aliphatic heterocycles. The molecule has 1 rings (SSSR count). The fourth-order valence-electron chi connectivity index (χ4n) is 1.66. The summed E-state index contributed by atoms with van der Waals surface area (Å²) in [5.41, 5.74) is 1.20. The summed E-state index contributed by atoms with van der Waals surface area (Å²) >= 11 is 0. The highest BCUT2D eigenvalue weighted by Crippen LogP contribution is 2.11.